The summed E-state index contributed by atoms with van der Waals surface area (Å²) in [6.07, 6.45) is 0.430. The van der Waals surface area contributed by atoms with Crippen LogP contribution in [0.15, 0.2) is 0 Å². The van der Waals surface area contributed by atoms with Crippen molar-refractivity contribution in [1.29, 1.82) is 0 Å². The Morgan fingerprint density at radius 1 is 1.43 bits per heavy atom. The molecule has 84 valence electrons. The molecule has 0 radical (unpaired) electrons. The molecule has 5 nitrogen and oxygen atoms in total. The lowest BCUT2D eigenvalue weighted by atomic mass is 10.1. The maximum atomic E-state index is 11.1. The van der Waals surface area contributed by atoms with Crippen molar-refractivity contribution in [3.05, 3.63) is 0 Å². The second-order valence-corrected chi connectivity index (χ2v) is 6.05. The third kappa shape index (κ3) is 4.22. The average molecular weight is 224 g/mol. The number of ether oxygens (including phenoxy) is 1. The Morgan fingerprint density at radius 2 is 1.93 bits per heavy atom. The van der Waals surface area contributed by atoms with Crippen LogP contribution < -0.4 is 0 Å². The van der Waals surface area contributed by atoms with Gasteiger partial charge in [0.2, 0.25) is 0 Å². The molecule has 0 saturated carbocycles. The van der Waals surface area contributed by atoms with Gasteiger partial charge in [0.05, 0.1) is 18.2 Å². The summed E-state index contributed by atoms with van der Waals surface area (Å²) in [5, 5.41) is -1.35. The van der Waals surface area contributed by atoms with Gasteiger partial charge in [0.25, 0.3) is 0 Å². The van der Waals surface area contributed by atoms with Gasteiger partial charge in [0.15, 0.2) is 0 Å². The number of hydrogen-bond donors (Lipinski definition) is 2. The monoisotopic (exact) mass is 224 g/mol. The summed E-state index contributed by atoms with van der Waals surface area (Å²) in [4.78, 5) is 28.9. The second kappa shape index (κ2) is 4.91. The molecule has 0 heterocycles. The molecular formula is C8H17O5P. The van der Waals surface area contributed by atoms with Gasteiger partial charge >= 0.3 is 13.6 Å². The molecular weight excluding hydrogens is 207 g/mol. The molecule has 0 aromatic rings. The maximum Gasteiger partial charge on any atom is 0.331 e. The van der Waals surface area contributed by atoms with Crippen molar-refractivity contribution in [2.75, 3.05) is 6.61 Å². The number of hydrogen-bond acceptors (Lipinski definition) is 3. The van der Waals surface area contributed by atoms with Crippen LogP contribution in [0.25, 0.3) is 0 Å². The SMILES string of the molecule is CCCOC(=O)CC(C)(C)P(=O)(O)O. The van der Waals surface area contributed by atoms with Gasteiger partial charge in [-0.2, -0.15) is 0 Å². The lowest BCUT2D eigenvalue weighted by molar-refractivity contribution is -0.144. The van der Waals surface area contributed by atoms with Crippen molar-refractivity contribution in [3.63, 3.8) is 0 Å². The zero-order valence-electron chi connectivity index (χ0n) is 8.69. The molecule has 0 bridgehead atoms. The van der Waals surface area contributed by atoms with Gasteiger partial charge in [-0.05, 0) is 20.3 Å². The average Bonchev–Trinajstić information content (AvgIpc) is 1.97. The zero-order chi connectivity index (χ0) is 11.4. The Bertz CT molecular complexity index is 242. The Balaban J connectivity index is 4.23. The van der Waals surface area contributed by atoms with E-state index in [4.69, 9.17) is 14.5 Å². The minimum absolute atomic E-state index is 0.267. The first-order valence-electron chi connectivity index (χ1n) is 4.42. The van der Waals surface area contributed by atoms with Gasteiger partial charge < -0.3 is 14.5 Å². The van der Waals surface area contributed by atoms with Crippen LogP contribution in [0, 0.1) is 0 Å². The van der Waals surface area contributed by atoms with Crippen molar-refractivity contribution >= 4 is 13.6 Å². The number of carbonyl (C=O) groups excluding carboxylic acids is 1. The van der Waals surface area contributed by atoms with Crippen molar-refractivity contribution in [1.82, 2.24) is 0 Å². The predicted molar refractivity (Wildman–Crippen MR) is 52.0 cm³/mol. The summed E-state index contributed by atoms with van der Waals surface area (Å²) in [5.41, 5.74) is 0. The van der Waals surface area contributed by atoms with Crippen LogP contribution in [0.2, 0.25) is 0 Å². The van der Waals surface area contributed by atoms with Crippen LogP contribution in [0.4, 0.5) is 0 Å². The molecule has 0 aromatic heterocycles. The van der Waals surface area contributed by atoms with Crippen LogP contribution >= 0.6 is 7.60 Å². The summed E-state index contributed by atoms with van der Waals surface area (Å²) >= 11 is 0. The third-order valence-electron chi connectivity index (χ3n) is 1.83. The van der Waals surface area contributed by atoms with E-state index >= 15 is 0 Å². The topological polar surface area (TPSA) is 83.8 Å². The van der Waals surface area contributed by atoms with E-state index in [-0.39, 0.29) is 13.0 Å². The van der Waals surface area contributed by atoms with E-state index < -0.39 is 18.7 Å². The maximum absolute atomic E-state index is 11.1. The fraction of sp³-hybridized carbons (Fsp3) is 0.875. The van der Waals surface area contributed by atoms with E-state index in [1.807, 2.05) is 6.92 Å². The van der Waals surface area contributed by atoms with Gasteiger partial charge in [-0.15, -0.1) is 0 Å². The van der Waals surface area contributed by atoms with Crippen LogP contribution in [0.1, 0.15) is 33.6 Å². The Kier molecular flexibility index (Phi) is 4.78. The quantitative estimate of drug-likeness (QED) is 0.543. The molecule has 0 saturated heterocycles. The Hall–Kier alpha value is -0.380. The molecule has 0 amide bonds. The molecule has 2 N–H and O–H groups in total. The molecule has 0 rings (SSSR count). The first-order valence-corrected chi connectivity index (χ1v) is 6.03. The van der Waals surface area contributed by atoms with E-state index in [1.165, 1.54) is 13.8 Å². The molecule has 0 atom stereocenters. The van der Waals surface area contributed by atoms with E-state index in [0.29, 0.717) is 6.42 Å². The smallest absolute Gasteiger partial charge is 0.331 e. The lowest BCUT2D eigenvalue weighted by Crippen LogP contribution is -2.25. The lowest BCUT2D eigenvalue weighted by Gasteiger charge is -2.24. The summed E-state index contributed by atoms with van der Waals surface area (Å²) < 4.78 is 15.7. The highest BCUT2D eigenvalue weighted by atomic mass is 31.2. The molecule has 0 fully saturated rings. The van der Waals surface area contributed by atoms with Crippen LogP contribution in [-0.4, -0.2) is 27.5 Å². The third-order valence-corrected chi connectivity index (χ3v) is 3.57. The fourth-order valence-electron chi connectivity index (χ4n) is 0.723. The Labute approximate surface area is 83.6 Å². The van der Waals surface area contributed by atoms with E-state index in [9.17, 15) is 9.36 Å². The largest absolute Gasteiger partial charge is 0.466 e. The minimum Gasteiger partial charge on any atom is -0.466 e. The summed E-state index contributed by atoms with van der Waals surface area (Å²) in [7, 11) is -4.26. The van der Waals surface area contributed by atoms with Gasteiger partial charge in [-0.25, -0.2) is 0 Å². The van der Waals surface area contributed by atoms with E-state index in [1.54, 1.807) is 0 Å². The summed E-state index contributed by atoms with van der Waals surface area (Å²) in [5.74, 6) is -0.569. The van der Waals surface area contributed by atoms with Crippen molar-refractivity contribution < 1.29 is 23.9 Å². The van der Waals surface area contributed by atoms with Crippen LogP contribution in [-0.2, 0) is 14.1 Å². The van der Waals surface area contributed by atoms with E-state index in [2.05, 4.69) is 0 Å². The molecule has 0 unspecified atom stereocenters. The van der Waals surface area contributed by atoms with Gasteiger partial charge in [0.1, 0.15) is 0 Å². The molecule has 0 aromatic carbocycles. The second-order valence-electron chi connectivity index (χ2n) is 3.75. The van der Waals surface area contributed by atoms with Crippen LogP contribution in [0.5, 0.6) is 0 Å². The van der Waals surface area contributed by atoms with Gasteiger partial charge in [0, 0.05) is 0 Å². The van der Waals surface area contributed by atoms with Crippen molar-refractivity contribution in [2.24, 2.45) is 0 Å². The molecule has 0 aliphatic heterocycles. The standard InChI is InChI=1S/C8H17O5P/c1-4-5-13-7(9)6-8(2,3)14(10,11)12/h4-6H2,1-3H3,(H2,10,11,12). The molecule has 0 aliphatic carbocycles. The van der Waals surface area contributed by atoms with Gasteiger partial charge in [-0.3, -0.25) is 9.36 Å². The fourth-order valence-corrected chi connectivity index (χ4v) is 1.06. The highest BCUT2D eigenvalue weighted by Gasteiger charge is 2.39. The normalized spacial score (nSPS) is 12.6. The highest BCUT2D eigenvalue weighted by molar-refractivity contribution is 7.53. The van der Waals surface area contributed by atoms with Gasteiger partial charge in [-0.1, -0.05) is 6.92 Å². The summed E-state index contributed by atoms with van der Waals surface area (Å²) in [6.45, 7) is 4.83. The van der Waals surface area contributed by atoms with E-state index in [0.717, 1.165) is 0 Å². The first kappa shape index (κ1) is 13.6. The minimum atomic E-state index is -4.26. The first-order chi connectivity index (χ1) is 6.20. The molecule has 6 heteroatoms. The van der Waals surface area contributed by atoms with Crippen molar-refractivity contribution in [3.8, 4) is 0 Å². The molecule has 14 heavy (non-hydrogen) atoms. The highest BCUT2D eigenvalue weighted by Crippen LogP contribution is 2.51. The number of esters is 1. The summed E-state index contributed by atoms with van der Waals surface area (Å²) in [6, 6.07) is 0. The molecule has 0 spiro atoms. The predicted octanol–water partition coefficient (Wildman–Crippen LogP) is 1.29. The van der Waals surface area contributed by atoms with Crippen molar-refractivity contribution in [2.45, 2.75) is 38.8 Å². The Morgan fingerprint density at radius 3 is 2.29 bits per heavy atom. The number of rotatable bonds is 5. The van der Waals surface area contributed by atoms with Crippen LogP contribution in [0.3, 0.4) is 0 Å². The zero-order valence-corrected chi connectivity index (χ0v) is 9.58. The molecule has 0 aliphatic rings. The number of carbonyl (C=O) groups is 1.